The highest BCUT2D eigenvalue weighted by Crippen LogP contribution is 2.26. The minimum atomic E-state index is -0.417. The molecule has 0 bridgehead atoms. The van der Waals surface area contributed by atoms with Crippen LogP contribution in [0.4, 0.5) is 0 Å². The summed E-state index contributed by atoms with van der Waals surface area (Å²) in [5, 5.41) is 1.06. The molecule has 0 aliphatic rings. The van der Waals surface area contributed by atoms with Crippen molar-refractivity contribution in [2.75, 3.05) is 0 Å². The Bertz CT molecular complexity index is 757. The monoisotopic (exact) mass is 250 g/mol. The van der Waals surface area contributed by atoms with E-state index in [1.54, 1.807) is 0 Å². The average Bonchev–Trinajstić information content (AvgIpc) is 2.81. The summed E-state index contributed by atoms with van der Waals surface area (Å²) >= 11 is 0. The highest BCUT2D eigenvalue weighted by molar-refractivity contribution is 5.99. The fraction of sp³-hybridized carbons (Fsp3) is 0.0625. The Morgan fingerprint density at radius 2 is 1.79 bits per heavy atom. The van der Waals surface area contributed by atoms with E-state index < -0.39 is 5.91 Å². The van der Waals surface area contributed by atoms with Crippen molar-refractivity contribution in [3.8, 4) is 5.69 Å². The molecule has 1 aromatic heterocycles. The van der Waals surface area contributed by atoms with Crippen LogP contribution in [0.3, 0.4) is 0 Å². The molecule has 0 aliphatic heterocycles. The number of carbonyl (C=O) groups excluding carboxylic acids is 1. The van der Waals surface area contributed by atoms with Crippen LogP contribution in [0.15, 0.2) is 54.6 Å². The lowest BCUT2D eigenvalue weighted by atomic mass is 10.1. The van der Waals surface area contributed by atoms with E-state index in [1.165, 1.54) is 0 Å². The Balaban J connectivity index is 2.42. The summed E-state index contributed by atoms with van der Waals surface area (Å²) in [4.78, 5) is 11.7. The summed E-state index contributed by atoms with van der Waals surface area (Å²) in [6, 6.07) is 17.7. The zero-order valence-electron chi connectivity index (χ0n) is 10.6. The fourth-order valence-electron chi connectivity index (χ4n) is 2.42. The number of para-hydroxylation sites is 1. The van der Waals surface area contributed by atoms with E-state index in [-0.39, 0.29) is 0 Å². The molecule has 0 saturated carbocycles. The molecule has 3 aromatic rings. The van der Waals surface area contributed by atoms with Crippen molar-refractivity contribution >= 4 is 16.8 Å². The van der Waals surface area contributed by atoms with E-state index in [0.717, 1.165) is 22.2 Å². The minimum Gasteiger partial charge on any atom is -0.364 e. The summed E-state index contributed by atoms with van der Waals surface area (Å²) in [7, 11) is 0. The van der Waals surface area contributed by atoms with Crippen molar-refractivity contribution in [1.82, 2.24) is 4.57 Å². The molecule has 0 atom stereocenters. The Morgan fingerprint density at radius 1 is 1.05 bits per heavy atom. The first-order valence-electron chi connectivity index (χ1n) is 6.15. The van der Waals surface area contributed by atoms with Crippen LogP contribution in [0.5, 0.6) is 0 Å². The molecule has 0 saturated heterocycles. The Hall–Kier alpha value is -2.55. The third-order valence-corrected chi connectivity index (χ3v) is 3.33. The molecule has 1 amide bonds. The fourth-order valence-corrected chi connectivity index (χ4v) is 2.42. The van der Waals surface area contributed by atoms with Crippen molar-refractivity contribution in [2.45, 2.75) is 6.92 Å². The number of nitrogens with two attached hydrogens (primary N) is 1. The van der Waals surface area contributed by atoms with Crippen molar-refractivity contribution in [3.05, 3.63) is 65.9 Å². The Kier molecular flexibility index (Phi) is 2.60. The molecule has 94 valence electrons. The van der Waals surface area contributed by atoms with Gasteiger partial charge in [-0.25, -0.2) is 0 Å². The van der Waals surface area contributed by atoms with Gasteiger partial charge in [-0.3, -0.25) is 4.79 Å². The van der Waals surface area contributed by atoms with E-state index in [2.05, 4.69) is 0 Å². The second-order valence-corrected chi connectivity index (χ2v) is 4.57. The maximum atomic E-state index is 11.7. The van der Waals surface area contributed by atoms with Crippen molar-refractivity contribution in [2.24, 2.45) is 5.73 Å². The molecule has 0 unspecified atom stereocenters. The number of fused-ring (bicyclic) bond motifs is 1. The van der Waals surface area contributed by atoms with Gasteiger partial charge in [0.05, 0.1) is 5.52 Å². The molecule has 3 heteroatoms. The van der Waals surface area contributed by atoms with Gasteiger partial charge in [-0.05, 0) is 36.8 Å². The van der Waals surface area contributed by atoms with E-state index in [9.17, 15) is 4.79 Å². The van der Waals surface area contributed by atoms with E-state index in [0.29, 0.717) is 5.69 Å². The van der Waals surface area contributed by atoms with Gasteiger partial charge in [0, 0.05) is 11.1 Å². The molecule has 19 heavy (non-hydrogen) atoms. The van der Waals surface area contributed by atoms with E-state index in [1.807, 2.05) is 66.1 Å². The summed E-state index contributed by atoms with van der Waals surface area (Å²) < 4.78 is 1.91. The van der Waals surface area contributed by atoms with Crippen molar-refractivity contribution < 1.29 is 4.79 Å². The third-order valence-electron chi connectivity index (χ3n) is 3.33. The van der Waals surface area contributed by atoms with Crippen LogP contribution in [0, 0.1) is 6.92 Å². The quantitative estimate of drug-likeness (QED) is 0.746. The van der Waals surface area contributed by atoms with Gasteiger partial charge in [0.1, 0.15) is 5.69 Å². The van der Waals surface area contributed by atoms with Gasteiger partial charge >= 0.3 is 0 Å². The van der Waals surface area contributed by atoms with Crippen LogP contribution in [0.25, 0.3) is 16.6 Å². The van der Waals surface area contributed by atoms with Crippen LogP contribution in [-0.4, -0.2) is 10.5 Å². The molecule has 0 spiro atoms. The Labute approximate surface area is 111 Å². The van der Waals surface area contributed by atoms with Crippen LogP contribution in [0.2, 0.25) is 0 Å². The largest absolute Gasteiger partial charge is 0.364 e. The van der Waals surface area contributed by atoms with Crippen LogP contribution < -0.4 is 5.73 Å². The lowest BCUT2D eigenvalue weighted by molar-refractivity contribution is 0.0994. The van der Waals surface area contributed by atoms with Crippen molar-refractivity contribution in [1.29, 1.82) is 0 Å². The van der Waals surface area contributed by atoms with Gasteiger partial charge in [0.15, 0.2) is 0 Å². The first-order valence-corrected chi connectivity index (χ1v) is 6.15. The molecule has 3 nitrogen and oxygen atoms in total. The number of benzene rings is 2. The van der Waals surface area contributed by atoms with Gasteiger partial charge in [-0.15, -0.1) is 0 Å². The molecule has 2 N–H and O–H groups in total. The molecular weight excluding hydrogens is 236 g/mol. The van der Waals surface area contributed by atoms with Crippen LogP contribution >= 0.6 is 0 Å². The summed E-state index contributed by atoms with van der Waals surface area (Å²) in [6.45, 7) is 2.03. The van der Waals surface area contributed by atoms with Gasteiger partial charge in [-0.2, -0.15) is 0 Å². The third kappa shape index (κ3) is 1.80. The first kappa shape index (κ1) is 11.5. The van der Waals surface area contributed by atoms with Gasteiger partial charge in [-0.1, -0.05) is 30.3 Å². The number of rotatable bonds is 2. The summed E-state index contributed by atoms with van der Waals surface area (Å²) in [6.07, 6.45) is 0. The number of carbonyl (C=O) groups is 1. The predicted octanol–water partition coefficient (Wildman–Crippen LogP) is 3.04. The average molecular weight is 250 g/mol. The molecule has 1 heterocycles. The number of amides is 1. The van der Waals surface area contributed by atoms with Gasteiger partial charge in [0.25, 0.3) is 5.91 Å². The summed E-state index contributed by atoms with van der Waals surface area (Å²) in [5.74, 6) is -0.417. The molecule has 0 fully saturated rings. The minimum absolute atomic E-state index is 0.417. The zero-order valence-corrected chi connectivity index (χ0v) is 10.6. The molecule has 2 aromatic carbocycles. The van der Waals surface area contributed by atoms with Gasteiger partial charge in [0.2, 0.25) is 0 Å². The second-order valence-electron chi connectivity index (χ2n) is 4.57. The number of hydrogen-bond donors (Lipinski definition) is 1. The smallest absolute Gasteiger partial charge is 0.265 e. The molecule has 0 radical (unpaired) electrons. The summed E-state index contributed by atoms with van der Waals surface area (Å²) in [5.41, 5.74) is 9.09. The lowest BCUT2D eigenvalue weighted by Crippen LogP contribution is -2.15. The first-order chi connectivity index (χ1) is 9.18. The predicted molar refractivity (Wildman–Crippen MR) is 76.5 cm³/mol. The van der Waals surface area contributed by atoms with Crippen LogP contribution in [-0.2, 0) is 0 Å². The maximum Gasteiger partial charge on any atom is 0.265 e. The zero-order chi connectivity index (χ0) is 13.4. The number of aryl methyl sites for hydroxylation is 1. The van der Waals surface area contributed by atoms with E-state index in [4.69, 9.17) is 5.73 Å². The topological polar surface area (TPSA) is 48.0 Å². The molecule has 0 aliphatic carbocycles. The molecule has 3 rings (SSSR count). The van der Waals surface area contributed by atoms with E-state index >= 15 is 0 Å². The van der Waals surface area contributed by atoms with Gasteiger partial charge < -0.3 is 10.3 Å². The highest BCUT2D eigenvalue weighted by Gasteiger charge is 2.15. The number of nitrogens with zero attached hydrogens (tertiary/aromatic N) is 1. The number of aromatic nitrogens is 1. The standard InChI is InChI=1S/C16H14N2O/c1-11-6-5-9-14-13(11)10-15(16(17)19)18(14)12-7-3-2-4-8-12/h2-10H,1H3,(H2,17,19). The second kappa shape index (κ2) is 4.28. The maximum absolute atomic E-state index is 11.7. The lowest BCUT2D eigenvalue weighted by Gasteiger charge is -2.08. The number of primary amides is 1. The molecular formula is C16H14N2O. The SMILES string of the molecule is Cc1cccc2c1cc(C(N)=O)n2-c1ccccc1. The number of hydrogen-bond acceptors (Lipinski definition) is 1. The van der Waals surface area contributed by atoms with Crippen molar-refractivity contribution in [3.63, 3.8) is 0 Å². The highest BCUT2D eigenvalue weighted by atomic mass is 16.1. The normalized spacial score (nSPS) is 10.8. The Morgan fingerprint density at radius 3 is 2.47 bits per heavy atom. The van der Waals surface area contributed by atoms with Crippen LogP contribution in [0.1, 0.15) is 16.1 Å².